The number of carbonyl (C=O) groups excluding carboxylic acids is 1. The van der Waals surface area contributed by atoms with Crippen molar-refractivity contribution in [3.63, 3.8) is 0 Å². The molecule has 1 rings (SSSR count). The molecule has 1 N–H and O–H groups in total. The lowest BCUT2D eigenvalue weighted by Gasteiger charge is -2.32. The van der Waals surface area contributed by atoms with E-state index >= 15 is 0 Å². The van der Waals surface area contributed by atoms with Crippen LogP contribution in [0, 0.1) is 0 Å². The van der Waals surface area contributed by atoms with Gasteiger partial charge >= 0.3 is 6.09 Å². The zero-order valence-corrected chi connectivity index (χ0v) is 18.0. The van der Waals surface area contributed by atoms with E-state index in [1.54, 1.807) is 17.4 Å². The largest absolute Gasteiger partial charge is 0.444 e. The number of hydrogen-bond donors (Lipinski definition) is 1. The molecule has 0 saturated heterocycles. The van der Waals surface area contributed by atoms with Crippen molar-refractivity contribution in [1.82, 2.24) is 14.9 Å². The van der Waals surface area contributed by atoms with Crippen LogP contribution < -0.4 is 0 Å². The number of aromatic amines is 1. The second kappa shape index (κ2) is 9.59. The third kappa shape index (κ3) is 8.74. The molecule has 0 aromatic carbocycles. The Balaban J connectivity index is 2.85. The predicted molar refractivity (Wildman–Crippen MR) is 104 cm³/mol. The van der Waals surface area contributed by atoms with Gasteiger partial charge in [0.1, 0.15) is 11.6 Å². The van der Waals surface area contributed by atoms with E-state index in [9.17, 15) is 4.79 Å². The van der Waals surface area contributed by atoms with Gasteiger partial charge in [-0.05, 0) is 26.8 Å². The molecule has 1 aromatic rings. The molecule has 1 aromatic heterocycles. The van der Waals surface area contributed by atoms with E-state index in [0.29, 0.717) is 25.6 Å². The summed E-state index contributed by atoms with van der Waals surface area (Å²) in [6.45, 7) is 13.9. The van der Waals surface area contributed by atoms with Crippen LogP contribution in [0.1, 0.15) is 32.5 Å². The highest BCUT2D eigenvalue weighted by molar-refractivity contribution is 6.76. The Kier molecular flexibility index (Phi) is 8.44. The van der Waals surface area contributed by atoms with Gasteiger partial charge in [0.25, 0.3) is 0 Å². The third-order valence-corrected chi connectivity index (χ3v) is 5.34. The molecule has 0 spiro atoms. The second-order valence-electron chi connectivity index (χ2n) is 8.26. The number of ether oxygens (including phenoxy) is 2. The Labute approximate surface area is 157 Å². The predicted octanol–water partition coefficient (Wildman–Crippen LogP) is 4.28. The molecule has 1 heterocycles. The topological polar surface area (TPSA) is 67.4 Å². The smallest absolute Gasteiger partial charge is 0.410 e. The molecule has 0 saturated carbocycles. The van der Waals surface area contributed by atoms with Crippen LogP contribution in [0.2, 0.25) is 25.7 Å². The van der Waals surface area contributed by atoms with Gasteiger partial charge in [0, 0.05) is 33.3 Å². The molecule has 0 aliphatic rings. The minimum Gasteiger partial charge on any atom is -0.444 e. The molecule has 0 aliphatic carbocycles. The van der Waals surface area contributed by atoms with Gasteiger partial charge in [-0.25, -0.2) is 9.78 Å². The Hall–Kier alpha value is -1.05. The van der Waals surface area contributed by atoms with Crippen molar-refractivity contribution < 1.29 is 14.3 Å². The number of alkyl halides is 1. The maximum absolute atomic E-state index is 12.6. The Morgan fingerprint density at radius 1 is 1.40 bits per heavy atom. The number of nitrogens with zero attached hydrogens (tertiary/aromatic N) is 2. The first-order valence-corrected chi connectivity index (χ1v) is 12.9. The van der Waals surface area contributed by atoms with E-state index in [2.05, 4.69) is 29.6 Å². The lowest BCUT2D eigenvalue weighted by molar-refractivity contribution is 0.00254. The molecule has 144 valence electrons. The van der Waals surface area contributed by atoms with E-state index in [4.69, 9.17) is 21.1 Å². The fourth-order valence-electron chi connectivity index (χ4n) is 2.15. The third-order valence-electron chi connectivity index (χ3n) is 3.46. The standard InChI is InChI=1S/C17H32ClN3O3Si/c1-17(2,3)24-16(22)21(8-7-18)15(14-11-19-13-20-14)12-23-9-10-25(4,5)6/h11,13,15H,7-10,12H2,1-6H3,(H,19,20). The molecule has 0 bridgehead atoms. The summed E-state index contributed by atoms with van der Waals surface area (Å²) in [5, 5.41) is 0. The first-order chi connectivity index (χ1) is 11.5. The van der Waals surface area contributed by atoms with Gasteiger partial charge in [-0.3, -0.25) is 4.90 Å². The van der Waals surface area contributed by atoms with Crippen molar-refractivity contribution in [2.45, 2.75) is 58.1 Å². The van der Waals surface area contributed by atoms with Crippen molar-refractivity contribution in [2.24, 2.45) is 0 Å². The normalized spacial score (nSPS) is 13.6. The van der Waals surface area contributed by atoms with Gasteiger partial charge < -0.3 is 14.5 Å². The highest BCUT2D eigenvalue weighted by Crippen LogP contribution is 2.23. The van der Waals surface area contributed by atoms with Gasteiger partial charge in [0.2, 0.25) is 0 Å². The summed E-state index contributed by atoms with van der Waals surface area (Å²) in [5.74, 6) is 0.315. The quantitative estimate of drug-likeness (QED) is 0.388. The number of amides is 1. The number of rotatable bonds is 9. The fourth-order valence-corrected chi connectivity index (χ4v) is 3.09. The Morgan fingerprint density at radius 2 is 2.08 bits per heavy atom. The van der Waals surface area contributed by atoms with Gasteiger partial charge in [-0.1, -0.05) is 19.6 Å². The van der Waals surface area contributed by atoms with Crippen LogP contribution in [0.15, 0.2) is 12.5 Å². The maximum atomic E-state index is 12.6. The lowest BCUT2D eigenvalue weighted by Crippen LogP contribution is -2.42. The number of H-pyrrole nitrogens is 1. The number of imidazole rings is 1. The molecule has 0 fully saturated rings. The molecule has 0 aliphatic heterocycles. The molecule has 0 radical (unpaired) electrons. The average molecular weight is 390 g/mol. The van der Waals surface area contributed by atoms with Crippen LogP contribution in [-0.2, 0) is 9.47 Å². The van der Waals surface area contributed by atoms with Crippen LogP contribution >= 0.6 is 11.6 Å². The van der Waals surface area contributed by atoms with Crippen molar-refractivity contribution in [3.05, 3.63) is 18.2 Å². The van der Waals surface area contributed by atoms with E-state index < -0.39 is 19.8 Å². The van der Waals surface area contributed by atoms with Crippen molar-refractivity contribution in [1.29, 1.82) is 0 Å². The molecule has 6 nitrogen and oxygen atoms in total. The molecule has 8 heteroatoms. The summed E-state index contributed by atoms with van der Waals surface area (Å²) in [6, 6.07) is 0.740. The van der Waals surface area contributed by atoms with Gasteiger partial charge in [0.05, 0.1) is 18.6 Å². The lowest BCUT2D eigenvalue weighted by atomic mass is 10.2. The first-order valence-electron chi connectivity index (χ1n) is 8.65. The molecular weight excluding hydrogens is 358 g/mol. The molecule has 25 heavy (non-hydrogen) atoms. The summed E-state index contributed by atoms with van der Waals surface area (Å²) in [5.41, 5.74) is 0.167. The van der Waals surface area contributed by atoms with Gasteiger partial charge in [-0.15, -0.1) is 11.6 Å². The zero-order chi connectivity index (χ0) is 19.1. The van der Waals surface area contributed by atoms with E-state index in [1.807, 2.05) is 20.8 Å². The summed E-state index contributed by atoms with van der Waals surface area (Å²) in [7, 11) is -1.16. The number of carbonyl (C=O) groups is 1. The summed E-state index contributed by atoms with van der Waals surface area (Å²) >= 11 is 5.93. The molecule has 1 amide bonds. The minimum absolute atomic E-state index is 0.315. The van der Waals surface area contributed by atoms with Crippen LogP contribution in [0.4, 0.5) is 4.79 Å². The first kappa shape index (κ1) is 22.0. The SMILES string of the molecule is CC(C)(C)OC(=O)N(CCCl)C(COCC[Si](C)(C)C)c1c[nH]cn1. The maximum Gasteiger partial charge on any atom is 0.410 e. The van der Waals surface area contributed by atoms with Crippen molar-refractivity contribution in [2.75, 3.05) is 25.6 Å². The van der Waals surface area contributed by atoms with E-state index in [0.717, 1.165) is 11.7 Å². The number of halogens is 1. The summed E-state index contributed by atoms with van der Waals surface area (Å²) < 4.78 is 11.4. The Bertz CT molecular complexity index is 512. The molecule has 1 unspecified atom stereocenters. The number of nitrogens with one attached hydrogen (secondary N) is 1. The van der Waals surface area contributed by atoms with Crippen LogP contribution in [-0.4, -0.2) is 60.3 Å². The van der Waals surface area contributed by atoms with Crippen LogP contribution in [0.25, 0.3) is 0 Å². The fraction of sp³-hybridized carbons (Fsp3) is 0.765. The van der Waals surface area contributed by atoms with E-state index in [1.165, 1.54) is 0 Å². The van der Waals surface area contributed by atoms with E-state index in [-0.39, 0.29) is 6.04 Å². The van der Waals surface area contributed by atoms with Crippen molar-refractivity contribution >= 4 is 25.8 Å². The van der Waals surface area contributed by atoms with Crippen LogP contribution in [0.3, 0.4) is 0 Å². The van der Waals surface area contributed by atoms with Crippen molar-refractivity contribution in [3.8, 4) is 0 Å². The highest BCUT2D eigenvalue weighted by Gasteiger charge is 2.30. The Morgan fingerprint density at radius 3 is 2.56 bits per heavy atom. The molecular formula is C17H32ClN3O3Si. The second-order valence-corrected chi connectivity index (χ2v) is 14.3. The zero-order valence-electron chi connectivity index (χ0n) is 16.3. The highest BCUT2D eigenvalue weighted by atomic mass is 35.5. The summed E-state index contributed by atoms with van der Waals surface area (Å²) in [6.07, 6.45) is 2.96. The monoisotopic (exact) mass is 389 g/mol. The summed E-state index contributed by atoms with van der Waals surface area (Å²) in [4.78, 5) is 21.5. The number of aromatic nitrogens is 2. The molecule has 1 atom stereocenters. The van der Waals surface area contributed by atoms with Crippen LogP contribution in [0.5, 0.6) is 0 Å². The number of hydrogen-bond acceptors (Lipinski definition) is 4. The van der Waals surface area contributed by atoms with Gasteiger partial charge in [-0.2, -0.15) is 0 Å². The minimum atomic E-state index is -1.16. The average Bonchev–Trinajstić information content (AvgIpc) is 2.96. The van der Waals surface area contributed by atoms with Gasteiger partial charge in [0.15, 0.2) is 0 Å².